The first-order valence-corrected chi connectivity index (χ1v) is 8.83. The van der Waals surface area contributed by atoms with E-state index in [2.05, 4.69) is 11.1 Å². The minimum atomic E-state index is -0.752. The Hall–Kier alpha value is -2.78. The molecule has 0 aromatic carbocycles. The van der Waals surface area contributed by atoms with Crippen LogP contribution in [0.3, 0.4) is 0 Å². The van der Waals surface area contributed by atoms with Gasteiger partial charge in [0.25, 0.3) is 0 Å². The molecule has 0 atom stereocenters. The topological polar surface area (TPSA) is 78.4 Å². The highest BCUT2D eigenvalue weighted by molar-refractivity contribution is 8.01. The number of pyridine rings is 2. The zero-order chi connectivity index (χ0) is 17.4. The highest BCUT2D eigenvalue weighted by Gasteiger charge is 2.45. The summed E-state index contributed by atoms with van der Waals surface area (Å²) in [6.45, 7) is 0. The summed E-state index contributed by atoms with van der Waals surface area (Å²) in [5, 5.41) is 18.9. The monoisotopic (exact) mass is 349 g/mol. The third-order valence-electron chi connectivity index (χ3n) is 4.73. The third-order valence-corrected chi connectivity index (χ3v) is 6.28. The average Bonchev–Trinajstić information content (AvgIpc) is 3.07. The molecule has 0 amide bonds. The normalized spacial score (nSPS) is 15.5. The van der Waals surface area contributed by atoms with Crippen LogP contribution >= 0.6 is 11.8 Å². The number of hydrogen-bond donors (Lipinski definition) is 1. The maximum Gasteiger partial charge on any atom is 0.320 e. The smallest absolute Gasteiger partial charge is 0.320 e. The van der Waals surface area contributed by atoms with E-state index in [4.69, 9.17) is 0 Å². The van der Waals surface area contributed by atoms with Crippen LogP contribution in [0.5, 0.6) is 0 Å². The van der Waals surface area contributed by atoms with Crippen molar-refractivity contribution in [3.05, 3.63) is 54.5 Å². The van der Waals surface area contributed by atoms with Crippen molar-refractivity contribution < 1.29 is 9.90 Å². The number of rotatable bonds is 4. The summed E-state index contributed by atoms with van der Waals surface area (Å²) in [6, 6.07) is 11.6. The highest BCUT2D eigenvalue weighted by Crippen LogP contribution is 2.49. The number of carboxylic acids is 1. The van der Waals surface area contributed by atoms with Gasteiger partial charge in [-0.1, -0.05) is 0 Å². The molecule has 124 valence electrons. The maximum atomic E-state index is 11.7. The van der Waals surface area contributed by atoms with Crippen LogP contribution in [0.25, 0.3) is 16.8 Å². The summed E-state index contributed by atoms with van der Waals surface area (Å²) in [7, 11) is 0. The number of aliphatic carboxylic acids is 1. The number of aromatic nitrogens is 2. The van der Waals surface area contributed by atoms with Crippen LogP contribution in [0, 0.1) is 11.3 Å². The summed E-state index contributed by atoms with van der Waals surface area (Å²) >= 11 is 1.41. The lowest BCUT2D eigenvalue weighted by Gasteiger charge is -2.37. The Balaban J connectivity index is 1.84. The zero-order valence-corrected chi connectivity index (χ0v) is 14.2. The molecule has 1 fully saturated rings. The molecule has 3 heterocycles. The number of nitriles is 1. The van der Waals surface area contributed by atoms with Crippen LogP contribution in [0.4, 0.5) is 0 Å². The predicted molar refractivity (Wildman–Crippen MR) is 95.4 cm³/mol. The number of carboxylic acid groups (broad SMARTS) is 1. The first kappa shape index (κ1) is 15.7. The number of nitrogens with zero attached hydrogens (tertiary/aromatic N) is 3. The van der Waals surface area contributed by atoms with E-state index in [0.717, 1.165) is 28.1 Å². The molecule has 1 saturated carbocycles. The van der Waals surface area contributed by atoms with Crippen LogP contribution in [0.2, 0.25) is 0 Å². The van der Waals surface area contributed by atoms with Crippen molar-refractivity contribution in [1.82, 2.24) is 9.38 Å². The molecule has 0 radical (unpaired) electrons. The molecule has 5 nitrogen and oxygen atoms in total. The van der Waals surface area contributed by atoms with Crippen molar-refractivity contribution in [2.24, 2.45) is 0 Å². The van der Waals surface area contributed by atoms with Crippen molar-refractivity contribution in [2.45, 2.75) is 28.9 Å². The Morgan fingerprint density at radius 3 is 2.84 bits per heavy atom. The Morgan fingerprint density at radius 1 is 1.32 bits per heavy atom. The van der Waals surface area contributed by atoms with Gasteiger partial charge in [0.1, 0.15) is 10.8 Å². The van der Waals surface area contributed by atoms with Crippen LogP contribution in [-0.2, 0) is 4.79 Å². The molecular weight excluding hydrogens is 334 g/mol. The molecule has 3 aromatic heterocycles. The highest BCUT2D eigenvalue weighted by atomic mass is 32.2. The first-order valence-electron chi connectivity index (χ1n) is 8.02. The van der Waals surface area contributed by atoms with Crippen molar-refractivity contribution >= 4 is 23.2 Å². The summed E-state index contributed by atoms with van der Waals surface area (Å²) in [5.41, 5.74) is 3.21. The van der Waals surface area contributed by atoms with Gasteiger partial charge in [0.2, 0.25) is 0 Å². The van der Waals surface area contributed by atoms with Gasteiger partial charge < -0.3 is 9.51 Å². The van der Waals surface area contributed by atoms with Gasteiger partial charge in [-0.05, 0) is 49.6 Å². The van der Waals surface area contributed by atoms with E-state index in [1.165, 1.54) is 11.8 Å². The summed E-state index contributed by atoms with van der Waals surface area (Å²) in [5.74, 6) is -0.752. The van der Waals surface area contributed by atoms with E-state index in [1.54, 1.807) is 18.5 Å². The van der Waals surface area contributed by atoms with Gasteiger partial charge >= 0.3 is 5.97 Å². The van der Waals surface area contributed by atoms with Crippen LogP contribution in [0.15, 0.2) is 53.8 Å². The van der Waals surface area contributed by atoms with Gasteiger partial charge in [-0.3, -0.25) is 9.78 Å². The van der Waals surface area contributed by atoms with Crippen LogP contribution < -0.4 is 0 Å². The minimum absolute atomic E-state index is 0.604. The molecular formula is C19H15N3O2S. The van der Waals surface area contributed by atoms with Crippen molar-refractivity contribution in [3.63, 3.8) is 0 Å². The molecule has 0 saturated heterocycles. The Kier molecular flexibility index (Phi) is 3.74. The van der Waals surface area contributed by atoms with Gasteiger partial charge in [-0.25, -0.2) is 0 Å². The fourth-order valence-electron chi connectivity index (χ4n) is 3.18. The van der Waals surface area contributed by atoms with E-state index in [9.17, 15) is 15.2 Å². The molecule has 1 N–H and O–H groups in total. The molecule has 4 rings (SSSR count). The van der Waals surface area contributed by atoms with Crippen LogP contribution in [0.1, 0.15) is 24.8 Å². The molecule has 0 unspecified atom stereocenters. The van der Waals surface area contributed by atoms with Gasteiger partial charge in [0, 0.05) is 29.0 Å². The van der Waals surface area contributed by atoms with Gasteiger partial charge in [0.15, 0.2) is 0 Å². The van der Waals surface area contributed by atoms with Crippen molar-refractivity contribution in [2.75, 3.05) is 0 Å². The summed E-state index contributed by atoms with van der Waals surface area (Å²) in [6.07, 6.45) is 7.66. The molecule has 1 aliphatic carbocycles. The van der Waals surface area contributed by atoms with Gasteiger partial charge in [-0.2, -0.15) is 5.26 Å². The van der Waals surface area contributed by atoms with E-state index in [1.807, 2.05) is 34.9 Å². The fourth-order valence-corrected chi connectivity index (χ4v) is 4.58. The lowest BCUT2D eigenvalue weighted by atomic mass is 9.84. The summed E-state index contributed by atoms with van der Waals surface area (Å²) < 4.78 is 1.21. The standard InChI is InChI=1S/C19H15N3O2S/c20-11-13-4-5-16(22-10-1-3-15(13)22)14-12-21-9-6-17(14)25-19(18(23)24)7-2-8-19/h1,3-6,9-10,12H,2,7-8H2,(H,23,24). The van der Waals surface area contributed by atoms with E-state index in [0.29, 0.717) is 18.4 Å². The Morgan fingerprint density at radius 2 is 2.16 bits per heavy atom. The molecule has 6 heteroatoms. The quantitative estimate of drug-likeness (QED) is 0.771. The van der Waals surface area contributed by atoms with E-state index in [-0.39, 0.29) is 0 Å². The largest absolute Gasteiger partial charge is 0.480 e. The average molecular weight is 349 g/mol. The van der Waals surface area contributed by atoms with Crippen LogP contribution in [-0.4, -0.2) is 25.2 Å². The predicted octanol–water partition coefficient (Wildman–Crippen LogP) is 3.97. The SMILES string of the molecule is N#Cc1ccc(-c2cnccc2SC2(C(=O)O)CCC2)n2cccc12. The summed E-state index contributed by atoms with van der Waals surface area (Å²) in [4.78, 5) is 16.9. The second-order valence-corrected chi connectivity index (χ2v) is 7.56. The number of thioether (sulfide) groups is 1. The lowest BCUT2D eigenvalue weighted by molar-refractivity contribution is -0.142. The molecule has 1 aliphatic rings. The minimum Gasteiger partial charge on any atom is -0.480 e. The molecule has 0 spiro atoms. The van der Waals surface area contributed by atoms with E-state index < -0.39 is 10.7 Å². The maximum absolute atomic E-state index is 11.7. The van der Waals surface area contributed by atoms with Crippen molar-refractivity contribution in [3.8, 4) is 17.3 Å². The second kappa shape index (κ2) is 5.94. The third kappa shape index (κ3) is 2.48. The molecule has 0 bridgehead atoms. The van der Waals surface area contributed by atoms with Gasteiger partial charge in [-0.15, -0.1) is 11.8 Å². The Labute approximate surface area is 148 Å². The van der Waals surface area contributed by atoms with E-state index >= 15 is 0 Å². The Bertz CT molecular complexity index is 1010. The first-order chi connectivity index (χ1) is 12.1. The van der Waals surface area contributed by atoms with Gasteiger partial charge in [0.05, 0.1) is 16.8 Å². The number of fused-ring (bicyclic) bond motifs is 1. The number of hydrogen-bond acceptors (Lipinski definition) is 4. The number of carbonyl (C=O) groups is 1. The fraction of sp³-hybridized carbons (Fsp3) is 0.211. The molecule has 3 aromatic rings. The lowest BCUT2D eigenvalue weighted by Crippen LogP contribution is -2.41. The molecule has 0 aliphatic heterocycles. The molecule has 25 heavy (non-hydrogen) atoms. The zero-order valence-electron chi connectivity index (χ0n) is 13.3. The second-order valence-electron chi connectivity index (χ2n) is 6.13. The van der Waals surface area contributed by atoms with Crippen molar-refractivity contribution in [1.29, 1.82) is 5.26 Å².